The molecule has 1 heterocycles. The van der Waals surface area contributed by atoms with E-state index in [1.54, 1.807) is 0 Å². The second-order valence-corrected chi connectivity index (χ2v) is 19.4. The second-order valence-electron chi connectivity index (χ2n) is 19.4. The Bertz CT molecular complexity index is 2400. The van der Waals surface area contributed by atoms with Gasteiger partial charge < -0.3 is 81.6 Å². The molecule has 3 aliphatic carbocycles. The molecule has 3 saturated carbocycles. The molecule has 384 valence electrons. The number of hydrogen-bond donors (Lipinski definition) is 15. The van der Waals surface area contributed by atoms with E-state index in [9.17, 15) is 58.5 Å². The highest BCUT2D eigenvalue weighted by Crippen LogP contribution is 2.30. The van der Waals surface area contributed by atoms with Crippen LogP contribution in [0.25, 0.3) is 0 Å². The molecule has 12 unspecified atom stereocenters. The predicted octanol–water partition coefficient (Wildman–Crippen LogP) is -1.71. The van der Waals surface area contributed by atoms with Gasteiger partial charge in [-0.25, -0.2) is 0 Å². The largest absolute Gasteiger partial charge is 0.481 e. The molecule has 7 rings (SSSR count). The van der Waals surface area contributed by atoms with E-state index in [2.05, 4.69) is 31.9 Å². The van der Waals surface area contributed by atoms with Crippen LogP contribution in [-0.4, -0.2) is 123 Å². The molecule has 24 heteroatoms. The van der Waals surface area contributed by atoms with Crippen molar-refractivity contribution in [1.29, 1.82) is 0 Å². The summed E-state index contributed by atoms with van der Waals surface area (Å²) in [5, 5.41) is 45.8. The maximum absolute atomic E-state index is 14.0. The van der Waals surface area contributed by atoms with Crippen LogP contribution >= 0.6 is 0 Å². The lowest BCUT2D eigenvalue weighted by Gasteiger charge is -2.38. The lowest BCUT2D eigenvalue weighted by Crippen LogP contribution is -2.58. The number of aliphatic carboxylic acids is 3. The Balaban J connectivity index is 1.26. The van der Waals surface area contributed by atoms with Gasteiger partial charge in [-0.05, 0) is 110 Å². The standard InChI is InChI=1S/C48H60N12O12/c49-31-16-34(52)37-13-28(31)47(71)56-26-5-20(8-41(63)64)2-23(11-26)45(69)60-39-15-30(33(51)18-36(39)54)48(72)57-27-6-21(9-42(65)66)3-24(12-27)44(68)59-38-14-29(32(50)17-35(38)53)46(70)55-25-4-19(7-40(61)62)1-22(10-25)43(67)58-37/h1-6,10-12,28-39H,7-9,13-18,49-54H2,(H,55,70)(H,56,71)(H,57,72)(H,58,67)(H,59,68)(H,60,69)(H,61,62)(H,63,64)(H,65,66). The zero-order valence-corrected chi connectivity index (χ0v) is 39.0. The van der Waals surface area contributed by atoms with Gasteiger partial charge in [0.15, 0.2) is 0 Å². The molecular weight excluding hydrogens is 937 g/mol. The number of carbonyl (C=O) groups is 9. The fourth-order valence-corrected chi connectivity index (χ4v) is 10.2. The monoisotopic (exact) mass is 996 g/mol. The number of carboxylic acids is 3. The predicted molar refractivity (Wildman–Crippen MR) is 259 cm³/mol. The number of carboxylic acid groups (broad SMARTS) is 3. The van der Waals surface area contributed by atoms with Crippen LogP contribution in [0.1, 0.15) is 86.3 Å². The fraction of sp³-hybridized carbons (Fsp3) is 0.438. The minimum absolute atomic E-state index is 0.0500. The number of benzene rings is 3. The maximum atomic E-state index is 14.0. The van der Waals surface area contributed by atoms with E-state index in [0.29, 0.717) is 0 Å². The minimum Gasteiger partial charge on any atom is -0.481 e. The smallest absolute Gasteiger partial charge is 0.307 e. The normalized spacial score (nSPS) is 29.4. The van der Waals surface area contributed by atoms with Crippen LogP contribution in [0.4, 0.5) is 17.1 Å². The zero-order chi connectivity index (χ0) is 52.3. The number of nitrogens with two attached hydrogens (primary N) is 6. The number of rotatable bonds is 6. The van der Waals surface area contributed by atoms with Crippen LogP contribution in [0.5, 0.6) is 0 Å². The van der Waals surface area contributed by atoms with Crippen molar-refractivity contribution in [3.8, 4) is 0 Å². The summed E-state index contributed by atoms with van der Waals surface area (Å²) in [5.41, 5.74) is 39.3. The Kier molecular flexibility index (Phi) is 16.0. The van der Waals surface area contributed by atoms with Crippen LogP contribution in [0, 0.1) is 17.8 Å². The highest BCUT2D eigenvalue weighted by molar-refractivity contribution is 6.01. The minimum atomic E-state index is -1.23. The molecule has 3 aromatic rings. The molecule has 4 aliphatic rings. The molecular formula is C48H60N12O12. The van der Waals surface area contributed by atoms with Gasteiger partial charge in [0.05, 0.1) is 37.0 Å². The van der Waals surface area contributed by atoms with Crippen molar-refractivity contribution in [3.63, 3.8) is 0 Å². The van der Waals surface area contributed by atoms with E-state index >= 15 is 0 Å². The van der Waals surface area contributed by atoms with Crippen LogP contribution in [0.2, 0.25) is 0 Å². The van der Waals surface area contributed by atoms with Gasteiger partial charge in [-0.15, -0.1) is 0 Å². The van der Waals surface area contributed by atoms with E-state index in [-0.39, 0.29) is 89.0 Å². The molecule has 21 N–H and O–H groups in total. The van der Waals surface area contributed by atoms with Crippen molar-refractivity contribution in [2.45, 2.75) is 112 Å². The highest BCUT2D eigenvalue weighted by Gasteiger charge is 2.42. The van der Waals surface area contributed by atoms with E-state index in [0.717, 1.165) is 0 Å². The van der Waals surface area contributed by atoms with Gasteiger partial charge in [0.2, 0.25) is 17.7 Å². The van der Waals surface area contributed by atoms with Gasteiger partial charge in [-0.2, -0.15) is 0 Å². The van der Waals surface area contributed by atoms with E-state index in [1.807, 2.05) is 0 Å². The van der Waals surface area contributed by atoms with Crippen LogP contribution in [0.3, 0.4) is 0 Å². The van der Waals surface area contributed by atoms with E-state index in [4.69, 9.17) is 34.4 Å². The Labute approximate surface area is 412 Å². The Morgan fingerprint density at radius 3 is 0.875 bits per heavy atom. The number of amides is 6. The first kappa shape index (κ1) is 52.5. The molecule has 24 nitrogen and oxygen atoms in total. The van der Waals surface area contributed by atoms with Gasteiger partial charge in [0.25, 0.3) is 17.7 Å². The zero-order valence-electron chi connectivity index (χ0n) is 39.0. The van der Waals surface area contributed by atoms with Crippen molar-refractivity contribution < 1.29 is 58.5 Å². The average molecular weight is 997 g/mol. The van der Waals surface area contributed by atoms with Crippen LogP contribution in [-0.2, 0) is 48.0 Å². The van der Waals surface area contributed by atoms with Gasteiger partial charge in [0.1, 0.15) is 0 Å². The Morgan fingerprint density at radius 1 is 0.389 bits per heavy atom. The van der Waals surface area contributed by atoms with Crippen molar-refractivity contribution in [3.05, 3.63) is 88.0 Å². The van der Waals surface area contributed by atoms with Crippen molar-refractivity contribution in [1.82, 2.24) is 16.0 Å². The van der Waals surface area contributed by atoms with E-state index in [1.165, 1.54) is 54.6 Å². The molecule has 0 radical (unpaired) electrons. The number of nitrogens with one attached hydrogen (secondary N) is 6. The first-order chi connectivity index (χ1) is 34.0. The average Bonchev–Trinajstić information content (AvgIpc) is 3.27. The van der Waals surface area contributed by atoms with Gasteiger partial charge in [-0.3, -0.25) is 43.2 Å². The third kappa shape index (κ3) is 12.8. The molecule has 0 spiro atoms. The van der Waals surface area contributed by atoms with Gasteiger partial charge >= 0.3 is 17.9 Å². The Hall–Kier alpha value is -7.35. The first-order valence-electron chi connectivity index (χ1n) is 23.5. The lowest BCUT2D eigenvalue weighted by molar-refractivity contribution is -0.137. The summed E-state index contributed by atoms with van der Waals surface area (Å²) in [5.74, 6) is -10.6. The number of hydrogen-bond acceptors (Lipinski definition) is 15. The second kappa shape index (κ2) is 22.0. The lowest BCUT2D eigenvalue weighted by atomic mass is 9.78. The molecule has 1 aliphatic heterocycles. The number of anilines is 3. The third-order valence-corrected chi connectivity index (χ3v) is 13.9. The third-order valence-electron chi connectivity index (χ3n) is 13.9. The van der Waals surface area contributed by atoms with Gasteiger partial charge in [-0.1, -0.05) is 0 Å². The number of carbonyl (C=O) groups excluding carboxylic acids is 6. The molecule has 12 bridgehead atoms. The van der Waals surface area contributed by atoms with Gasteiger partial charge in [0, 0.05) is 88.1 Å². The van der Waals surface area contributed by atoms with Crippen molar-refractivity contribution in [2.24, 2.45) is 52.2 Å². The summed E-state index contributed by atoms with van der Waals surface area (Å²) < 4.78 is 0. The topological polar surface area (TPSA) is 443 Å². The quantitative estimate of drug-likeness (QED) is 0.131. The first-order valence-corrected chi connectivity index (χ1v) is 23.5. The molecule has 0 saturated heterocycles. The molecule has 3 fully saturated rings. The van der Waals surface area contributed by atoms with Crippen LogP contribution < -0.4 is 66.3 Å². The summed E-state index contributed by atoms with van der Waals surface area (Å²) in [6.45, 7) is 0. The molecule has 12 atom stereocenters. The summed E-state index contributed by atoms with van der Waals surface area (Å²) in [6.07, 6.45) is -1.57. The highest BCUT2D eigenvalue weighted by atomic mass is 16.4. The molecule has 3 aromatic carbocycles. The van der Waals surface area contributed by atoms with Crippen molar-refractivity contribution in [2.75, 3.05) is 16.0 Å². The van der Waals surface area contributed by atoms with E-state index < -0.39 is 145 Å². The molecule has 0 aromatic heterocycles. The number of fused-ring (bicyclic) bond motifs is 12. The fourth-order valence-electron chi connectivity index (χ4n) is 10.2. The maximum Gasteiger partial charge on any atom is 0.307 e. The van der Waals surface area contributed by atoms with Crippen molar-refractivity contribution >= 4 is 70.4 Å². The Morgan fingerprint density at radius 2 is 0.639 bits per heavy atom. The SMILES string of the molecule is NC1CC(N)C2CC1NC(=O)c1cc(CC(=O)O)cc(c1)NC(=O)C1CC(NC(=O)c3cc(CC(=O)O)cc(c3)NC(=O)C3CC(NC(=O)c4cc(CC(=O)O)cc(c4)NC2=O)C(N)CC3N)C(N)CC1N. The summed E-state index contributed by atoms with van der Waals surface area (Å²) in [7, 11) is 0. The van der Waals surface area contributed by atoms with Crippen LogP contribution in [0.15, 0.2) is 54.6 Å². The summed E-state index contributed by atoms with van der Waals surface area (Å²) >= 11 is 0. The summed E-state index contributed by atoms with van der Waals surface area (Å²) in [6, 6.07) is 4.93. The molecule has 72 heavy (non-hydrogen) atoms. The summed E-state index contributed by atoms with van der Waals surface area (Å²) in [4.78, 5) is 120. The molecule has 6 amide bonds.